The molecule has 0 amide bonds. The molecule has 15 heavy (non-hydrogen) atoms. The van der Waals surface area contributed by atoms with E-state index in [1.807, 2.05) is 13.8 Å². The van der Waals surface area contributed by atoms with Crippen LogP contribution in [0.5, 0.6) is 0 Å². The predicted molar refractivity (Wildman–Crippen MR) is 62.3 cm³/mol. The first-order chi connectivity index (χ1) is 7.09. The first kappa shape index (κ1) is 12.5. The van der Waals surface area contributed by atoms with E-state index in [1.54, 1.807) is 0 Å². The normalized spacial score (nSPS) is 23.7. The Kier molecular flexibility index (Phi) is 4.56. The van der Waals surface area contributed by atoms with E-state index in [-0.39, 0.29) is 5.41 Å². The maximum atomic E-state index is 8.95. The van der Waals surface area contributed by atoms with Gasteiger partial charge in [0.15, 0.2) is 0 Å². The molecule has 1 saturated heterocycles. The van der Waals surface area contributed by atoms with Crippen LogP contribution < -0.4 is 5.73 Å². The van der Waals surface area contributed by atoms with Gasteiger partial charge in [-0.2, -0.15) is 5.26 Å². The molecule has 1 aliphatic rings. The second-order valence-corrected chi connectivity index (χ2v) is 5.17. The van der Waals surface area contributed by atoms with Gasteiger partial charge in [-0.15, -0.1) is 0 Å². The number of nitrogens with zero attached hydrogens (tertiary/aromatic N) is 2. The van der Waals surface area contributed by atoms with Gasteiger partial charge in [-0.25, -0.2) is 0 Å². The Bertz CT molecular complexity index is 230. The third-order valence-corrected chi connectivity index (χ3v) is 3.35. The van der Waals surface area contributed by atoms with E-state index in [4.69, 9.17) is 11.0 Å². The molecular weight excluding hydrogens is 186 g/mol. The molecule has 1 aliphatic heterocycles. The molecule has 0 spiro atoms. The highest BCUT2D eigenvalue weighted by atomic mass is 15.2. The van der Waals surface area contributed by atoms with E-state index < -0.39 is 0 Å². The standard InChI is InChI=1S/C12H23N3/c1-12(2,10-14)6-8-15-7-4-3-5-11(15)9-13/h11H,3-9,13H2,1-2H3. The first-order valence-corrected chi connectivity index (χ1v) is 5.94. The quantitative estimate of drug-likeness (QED) is 0.767. The van der Waals surface area contributed by atoms with Crippen molar-refractivity contribution in [3.63, 3.8) is 0 Å². The van der Waals surface area contributed by atoms with Gasteiger partial charge in [0.25, 0.3) is 0 Å². The molecule has 1 atom stereocenters. The van der Waals surface area contributed by atoms with E-state index in [0.29, 0.717) is 6.04 Å². The Labute approximate surface area is 93.2 Å². The lowest BCUT2D eigenvalue weighted by molar-refractivity contribution is 0.139. The topological polar surface area (TPSA) is 53.0 Å². The zero-order chi connectivity index (χ0) is 11.3. The van der Waals surface area contributed by atoms with Crippen molar-refractivity contribution in [2.24, 2.45) is 11.1 Å². The fourth-order valence-corrected chi connectivity index (χ4v) is 2.10. The second kappa shape index (κ2) is 5.48. The maximum Gasteiger partial charge on any atom is 0.0684 e. The Morgan fingerprint density at radius 2 is 2.20 bits per heavy atom. The van der Waals surface area contributed by atoms with Crippen molar-refractivity contribution < 1.29 is 0 Å². The van der Waals surface area contributed by atoms with Crippen LogP contribution >= 0.6 is 0 Å². The molecule has 1 rings (SSSR count). The molecule has 0 aliphatic carbocycles. The SMILES string of the molecule is CC(C)(C#N)CCN1CCCCC1CN. The molecule has 2 N–H and O–H groups in total. The van der Waals surface area contributed by atoms with E-state index in [2.05, 4.69) is 11.0 Å². The zero-order valence-electron chi connectivity index (χ0n) is 10.00. The Morgan fingerprint density at radius 1 is 1.47 bits per heavy atom. The average molecular weight is 209 g/mol. The van der Waals surface area contributed by atoms with Crippen molar-refractivity contribution in [2.45, 2.75) is 45.6 Å². The van der Waals surface area contributed by atoms with Crippen molar-refractivity contribution in [3.8, 4) is 6.07 Å². The monoisotopic (exact) mass is 209 g/mol. The van der Waals surface area contributed by atoms with Crippen LogP contribution in [0.4, 0.5) is 0 Å². The summed E-state index contributed by atoms with van der Waals surface area (Å²) >= 11 is 0. The van der Waals surface area contributed by atoms with Gasteiger partial charge in [-0.3, -0.25) is 4.90 Å². The smallest absolute Gasteiger partial charge is 0.0684 e. The van der Waals surface area contributed by atoms with Crippen LogP contribution in [-0.4, -0.2) is 30.6 Å². The highest BCUT2D eigenvalue weighted by Gasteiger charge is 2.24. The van der Waals surface area contributed by atoms with Crippen molar-refractivity contribution in [2.75, 3.05) is 19.6 Å². The molecule has 1 heterocycles. The van der Waals surface area contributed by atoms with Crippen LogP contribution in [0.25, 0.3) is 0 Å². The number of likely N-dealkylation sites (tertiary alicyclic amines) is 1. The van der Waals surface area contributed by atoms with Gasteiger partial charge in [0.1, 0.15) is 0 Å². The van der Waals surface area contributed by atoms with Crippen molar-refractivity contribution in [1.82, 2.24) is 4.90 Å². The van der Waals surface area contributed by atoms with E-state index >= 15 is 0 Å². The fourth-order valence-electron chi connectivity index (χ4n) is 2.10. The lowest BCUT2D eigenvalue weighted by atomic mass is 9.90. The zero-order valence-corrected chi connectivity index (χ0v) is 10.00. The molecule has 1 fully saturated rings. The summed E-state index contributed by atoms with van der Waals surface area (Å²) in [6.45, 7) is 6.95. The molecule has 86 valence electrons. The van der Waals surface area contributed by atoms with Crippen molar-refractivity contribution in [3.05, 3.63) is 0 Å². The molecule has 0 aromatic carbocycles. The molecule has 3 heteroatoms. The van der Waals surface area contributed by atoms with E-state index in [9.17, 15) is 0 Å². The Hall–Kier alpha value is -0.590. The maximum absolute atomic E-state index is 8.95. The van der Waals surface area contributed by atoms with E-state index in [0.717, 1.165) is 26.1 Å². The number of rotatable bonds is 4. The number of nitriles is 1. The summed E-state index contributed by atoms with van der Waals surface area (Å²) in [5.41, 5.74) is 5.56. The molecule has 0 saturated carbocycles. The summed E-state index contributed by atoms with van der Waals surface area (Å²) in [6.07, 6.45) is 4.76. The minimum absolute atomic E-state index is 0.198. The lowest BCUT2D eigenvalue weighted by Crippen LogP contribution is -2.45. The van der Waals surface area contributed by atoms with Gasteiger partial charge in [-0.1, -0.05) is 6.42 Å². The van der Waals surface area contributed by atoms with Crippen LogP contribution in [0.15, 0.2) is 0 Å². The summed E-state index contributed by atoms with van der Waals surface area (Å²) in [4.78, 5) is 2.46. The number of hydrogen-bond acceptors (Lipinski definition) is 3. The summed E-state index contributed by atoms with van der Waals surface area (Å²) in [6, 6.07) is 2.91. The lowest BCUT2D eigenvalue weighted by Gasteiger charge is -2.36. The summed E-state index contributed by atoms with van der Waals surface area (Å²) in [7, 11) is 0. The molecule has 0 aromatic rings. The minimum atomic E-state index is -0.198. The van der Waals surface area contributed by atoms with Gasteiger partial charge in [0, 0.05) is 12.6 Å². The Balaban J connectivity index is 2.39. The highest BCUT2D eigenvalue weighted by Crippen LogP contribution is 2.22. The van der Waals surface area contributed by atoms with Crippen molar-refractivity contribution in [1.29, 1.82) is 5.26 Å². The van der Waals surface area contributed by atoms with Crippen LogP contribution in [0, 0.1) is 16.7 Å². The average Bonchev–Trinajstić information content (AvgIpc) is 2.27. The van der Waals surface area contributed by atoms with Crippen LogP contribution in [0.2, 0.25) is 0 Å². The van der Waals surface area contributed by atoms with Gasteiger partial charge < -0.3 is 5.73 Å². The summed E-state index contributed by atoms with van der Waals surface area (Å²) in [5, 5.41) is 8.95. The Morgan fingerprint density at radius 3 is 2.80 bits per heavy atom. The molecule has 0 aromatic heterocycles. The van der Waals surface area contributed by atoms with Gasteiger partial charge in [0.2, 0.25) is 0 Å². The predicted octanol–water partition coefficient (Wildman–Crippen LogP) is 1.74. The molecule has 0 bridgehead atoms. The fraction of sp³-hybridized carbons (Fsp3) is 0.917. The molecule has 1 unspecified atom stereocenters. The number of piperidine rings is 1. The third-order valence-electron chi connectivity index (χ3n) is 3.35. The van der Waals surface area contributed by atoms with Gasteiger partial charge in [-0.05, 0) is 46.2 Å². The molecule has 3 nitrogen and oxygen atoms in total. The van der Waals surface area contributed by atoms with Crippen molar-refractivity contribution >= 4 is 0 Å². The largest absolute Gasteiger partial charge is 0.329 e. The number of hydrogen-bond donors (Lipinski definition) is 1. The van der Waals surface area contributed by atoms with Gasteiger partial charge >= 0.3 is 0 Å². The van der Waals surface area contributed by atoms with Crippen LogP contribution in [0.3, 0.4) is 0 Å². The number of nitrogens with two attached hydrogens (primary N) is 1. The van der Waals surface area contributed by atoms with E-state index in [1.165, 1.54) is 19.3 Å². The summed E-state index contributed by atoms with van der Waals surface area (Å²) in [5.74, 6) is 0. The first-order valence-electron chi connectivity index (χ1n) is 5.94. The third kappa shape index (κ3) is 3.81. The van der Waals surface area contributed by atoms with Crippen LogP contribution in [0.1, 0.15) is 39.5 Å². The highest BCUT2D eigenvalue weighted by molar-refractivity contribution is 4.92. The minimum Gasteiger partial charge on any atom is -0.329 e. The second-order valence-electron chi connectivity index (χ2n) is 5.17. The summed E-state index contributed by atoms with van der Waals surface area (Å²) < 4.78 is 0. The molecule has 0 radical (unpaired) electrons. The van der Waals surface area contributed by atoms with Crippen LogP contribution in [-0.2, 0) is 0 Å². The molecular formula is C12H23N3. The van der Waals surface area contributed by atoms with Gasteiger partial charge in [0.05, 0.1) is 11.5 Å².